The van der Waals surface area contributed by atoms with Crippen molar-refractivity contribution in [3.05, 3.63) is 23.8 Å². The molecule has 0 unspecified atom stereocenters. The zero-order valence-corrected chi connectivity index (χ0v) is 11.8. The standard InChI is InChI=1S/C12H13F5O3S/c1-2-6-21(18,19)11-8(12(15,16)17)4-3-5-9(11)20-7-10(13)14/h3-5,10H,2,6-7H2,1H3. The third-order valence-electron chi connectivity index (χ3n) is 2.43. The number of rotatable bonds is 6. The van der Waals surface area contributed by atoms with Crippen molar-refractivity contribution in [3.8, 4) is 5.75 Å². The summed E-state index contributed by atoms with van der Waals surface area (Å²) < 4.78 is 91.6. The van der Waals surface area contributed by atoms with Gasteiger partial charge in [0.1, 0.15) is 17.3 Å². The molecule has 1 aromatic carbocycles. The van der Waals surface area contributed by atoms with Crippen LogP contribution in [0.3, 0.4) is 0 Å². The summed E-state index contributed by atoms with van der Waals surface area (Å²) >= 11 is 0. The Bertz CT molecular complexity index is 581. The van der Waals surface area contributed by atoms with Crippen LogP contribution in [0.25, 0.3) is 0 Å². The van der Waals surface area contributed by atoms with Crippen LogP contribution < -0.4 is 4.74 Å². The highest BCUT2D eigenvalue weighted by atomic mass is 32.2. The monoisotopic (exact) mass is 332 g/mol. The molecule has 0 spiro atoms. The molecule has 0 atom stereocenters. The quantitative estimate of drug-likeness (QED) is 0.749. The molecule has 1 rings (SSSR count). The van der Waals surface area contributed by atoms with Gasteiger partial charge in [0.25, 0.3) is 6.43 Å². The maximum Gasteiger partial charge on any atom is 0.417 e. The van der Waals surface area contributed by atoms with Crippen molar-refractivity contribution in [2.45, 2.75) is 30.8 Å². The molecule has 0 saturated heterocycles. The number of benzene rings is 1. The van der Waals surface area contributed by atoms with Crippen molar-refractivity contribution >= 4 is 9.84 Å². The van der Waals surface area contributed by atoms with Crippen molar-refractivity contribution in [2.75, 3.05) is 12.4 Å². The molecule has 0 amide bonds. The van der Waals surface area contributed by atoms with Gasteiger partial charge in [0.2, 0.25) is 0 Å². The Balaban J connectivity index is 3.45. The molecule has 0 N–H and O–H groups in total. The van der Waals surface area contributed by atoms with Gasteiger partial charge in [-0.2, -0.15) is 13.2 Å². The lowest BCUT2D eigenvalue weighted by Crippen LogP contribution is -2.18. The molecule has 0 heterocycles. The maximum atomic E-state index is 12.9. The molecule has 0 aliphatic rings. The third kappa shape index (κ3) is 4.55. The normalized spacial score (nSPS) is 12.7. The Morgan fingerprint density at radius 3 is 2.33 bits per heavy atom. The van der Waals surface area contributed by atoms with E-state index in [1.165, 1.54) is 6.92 Å². The van der Waals surface area contributed by atoms with Gasteiger partial charge < -0.3 is 4.74 Å². The van der Waals surface area contributed by atoms with Crippen LogP contribution in [0.1, 0.15) is 18.9 Å². The van der Waals surface area contributed by atoms with Crippen LogP contribution in [0, 0.1) is 0 Å². The summed E-state index contributed by atoms with van der Waals surface area (Å²) in [5, 5.41) is 0. The van der Waals surface area contributed by atoms with E-state index in [1.807, 2.05) is 0 Å². The first-order chi connectivity index (χ1) is 9.59. The summed E-state index contributed by atoms with van der Waals surface area (Å²) in [5.74, 6) is -1.25. The first kappa shape index (κ1) is 17.7. The Labute approximate surface area is 118 Å². The number of ether oxygens (including phenoxy) is 1. The fourth-order valence-corrected chi connectivity index (χ4v) is 3.39. The highest BCUT2D eigenvalue weighted by Gasteiger charge is 2.39. The average molecular weight is 332 g/mol. The van der Waals surface area contributed by atoms with Gasteiger partial charge in [0.15, 0.2) is 9.84 Å². The number of hydrogen-bond donors (Lipinski definition) is 0. The van der Waals surface area contributed by atoms with Crippen molar-refractivity contribution in [2.24, 2.45) is 0 Å². The van der Waals surface area contributed by atoms with Gasteiger partial charge in [-0.15, -0.1) is 0 Å². The topological polar surface area (TPSA) is 43.4 Å². The van der Waals surface area contributed by atoms with Gasteiger partial charge in [-0.25, -0.2) is 17.2 Å². The highest BCUT2D eigenvalue weighted by Crippen LogP contribution is 2.39. The Morgan fingerprint density at radius 1 is 1.24 bits per heavy atom. The van der Waals surface area contributed by atoms with Crippen LogP contribution in [0.4, 0.5) is 22.0 Å². The summed E-state index contributed by atoms with van der Waals surface area (Å²) in [4.78, 5) is -1.08. The lowest BCUT2D eigenvalue weighted by molar-refractivity contribution is -0.140. The van der Waals surface area contributed by atoms with Crippen LogP contribution in [-0.2, 0) is 16.0 Å². The molecule has 0 aliphatic heterocycles. The second-order valence-corrected chi connectivity index (χ2v) is 6.20. The molecule has 120 valence electrons. The van der Waals surface area contributed by atoms with Crippen molar-refractivity contribution < 1.29 is 35.1 Å². The van der Waals surface area contributed by atoms with Crippen molar-refractivity contribution in [3.63, 3.8) is 0 Å². The smallest absolute Gasteiger partial charge is 0.417 e. The molecule has 1 aromatic rings. The van der Waals surface area contributed by atoms with E-state index in [0.717, 1.165) is 12.1 Å². The molecule has 3 nitrogen and oxygen atoms in total. The van der Waals surface area contributed by atoms with Crippen LogP contribution in [-0.4, -0.2) is 27.2 Å². The molecule has 0 radical (unpaired) electrons. The molecular weight excluding hydrogens is 319 g/mol. The van der Waals surface area contributed by atoms with Gasteiger partial charge in [-0.1, -0.05) is 13.0 Å². The number of sulfone groups is 1. The van der Waals surface area contributed by atoms with E-state index >= 15 is 0 Å². The molecule has 0 aliphatic carbocycles. The Kier molecular flexibility index (Phi) is 5.54. The second-order valence-electron chi connectivity index (χ2n) is 4.15. The van der Waals surface area contributed by atoms with E-state index in [9.17, 15) is 30.4 Å². The summed E-state index contributed by atoms with van der Waals surface area (Å²) in [7, 11) is -4.29. The predicted molar refractivity (Wildman–Crippen MR) is 65.3 cm³/mol. The number of halogens is 5. The lowest BCUT2D eigenvalue weighted by atomic mass is 10.2. The molecule has 0 fully saturated rings. The summed E-state index contributed by atoms with van der Waals surface area (Å²) in [6.07, 6.45) is -7.77. The van der Waals surface area contributed by atoms with Crippen LogP contribution in [0.5, 0.6) is 5.75 Å². The third-order valence-corrected chi connectivity index (χ3v) is 4.42. The molecule has 9 heteroatoms. The van der Waals surface area contributed by atoms with Gasteiger partial charge in [0.05, 0.1) is 11.3 Å². The summed E-state index contributed by atoms with van der Waals surface area (Å²) in [6, 6.07) is 2.42. The number of hydrogen-bond acceptors (Lipinski definition) is 3. The molecule has 21 heavy (non-hydrogen) atoms. The summed E-state index contributed by atoms with van der Waals surface area (Å²) in [6.45, 7) is 0.295. The lowest BCUT2D eigenvalue weighted by Gasteiger charge is -2.17. The minimum atomic E-state index is -4.93. The fraction of sp³-hybridized carbons (Fsp3) is 0.500. The maximum absolute atomic E-state index is 12.9. The van der Waals surface area contributed by atoms with E-state index in [0.29, 0.717) is 6.07 Å². The van der Waals surface area contributed by atoms with Gasteiger partial charge in [-0.3, -0.25) is 0 Å². The van der Waals surface area contributed by atoms with Gasteiger partial charge in [0, 0.05) is 0 Å². The van der Waals surface area contributed by atoms with Crippen molar-refractivity contribution in [1.82, 2.24) is 0 Å². The van der Waals surface area contributed by atoms with Gasteiger partial charge >= 0.3 is 6.18 Å². The highest BCUT2D eigenvalue weighted by molar-refractivity contribution is 7.91. The molecule has 0 aromatic heterocycles. The van der Waals surface area contributed by atoms with E-state index in [2.05, 4.69) is 4.74 Å². The zero-order valence-electron chi connectivity index (χ0n) is 11.0. The minimum absolute atomic E-state index is 0.0861. The minimum Gasteiger partial charge on any atom is -0.486 e. The molecular formula is C12H13F5O3S. The average Bonchev–Trinajstić information content (AvgIpc) is 2.34. The van der Waals surface area contributed by atoms with E-state index in [1.54, 1.807) is 0 Å². The predicted octanol–water partition coefficient (Wildman–Crippen LogP) is 3.53. The zero-order chi connectivity index (χ0) is 16.3. The molecule has 0 saturated carbocycles. The van der Waals surface area contributed by atoms with E-state index in [-0.39, 0.29) is 6.42 Å². The first-order valence-corrected chi connectivity index (χ1v) is 7.58. The van der Waals surface area contributed by atoms with E-state index in [4.69, 9.17) is 0 Å². The van der Waals surface area contributed by atoms with Crippen LogP contribution in [0.15, 0.2) is 23.1 Å². The Hall–Kier alpha value is -1.38. The van der Waals surface area contributed by atoms with Crippen LogP contribution >= 0.6 is 0 Å². The van der Waals surface area contributed by atoms with E-state index < -0.39 is 51.0 Å². The fourth-order valence-electron chi connectivity index (χ4n) is 1.70. The largest absolute Gasteiger partial charge is 0.486 e. The first-order valence-electron chi connectivity index (χ1n) is 5.93. The number of alkyl halides is 5. The summed E-state index contributed by atoms with van der Waals surface area (Å²) in [5.41, 5.74) is -1.41. The SMILES string of the molecule is CCCS(=O)(=O)c1c(OCC(F)F)cccc1C(F)(F)F. The molecule has 0 bridgehead atoms. The van der Waals surface area contributed by atoms with Crippen LogP contribution in [0.2, 0.25) is 0 Å². The Morgan fingerprint density at radius 2 is 1.86 bits per heavy atom. The van der Waals surface area contributed by atoms with Gasteiger partial charge in [-0.05, 0) is 18.6 Å². The second kappa shape index (κ2) is 6.59. The van der Waals surface area contributed by atoms with Crippen molar-refractivity contribution in [1.29, 1.82) is 0 Å².